The van der Waals surface area contributed by atoms with Crippen molar-refractivity contribution in [3.63, 3.8) is 0 Å². The summed E-state index contributed by atoms with van der Waals surface area (Å²) in [6, 6.07) is 15.2. The van der Waals surface area contributed by atoms with E-state index in [-0.39, 0.29) is 11.7 Å². The van der Waals surface area contributed by atoms with Gasteiger partial charge in [0.25, 0.3) is 0 Å². The number of hydrogen-bond acceptors (Lipinski definition) is 1. The molecule has 2 heteroatoms. The van der Waals surface area contributed by atoms with Crippen LogP contribution in [-0.4, -0.2) is 6.54 Å². The van der Waals surface area contributed by atoms with E-state index in [0.717, 1.165) is 17.8 Å². The van der Waals surface area contributed by atoms with Crippen LogP contribution < -0.4 is 5.32 Å². The van der Waals surface area contributed by atoms with Gasteiger partial charge in [-0.3, -0.25) is 0 Å². The fraction of sp³-hybridized carbons (Fsp3) is 0.143. The number of halogens is 1. The average molecular weight is 213 g/mol. The van der Waals surface area contributed by atoms with Gasteiger partial charge in [0.1, 0.15) is 5.82 Å². The van der Waals surface area contributed by atoms with Crippen LogP contribution in [-0.2, 0) is 0 Å². The Morgan fingerprint density at radius 1 is 1.06 bits per heavy atom. The first-order valence-electron chi connectivity index (χ1n) is 5.43. The molecule has 0 saturated carbocycles. The van der Waals surface area contributed by atoms with Crippen molar-refractivity contribution >= 4 is 5.69 Å². The Kier molecular flexibility index (Phi) is 2.13. The van der Waals surface area contributed by atoms with E-state index in [4.69, 9.17) is 0 Å². The molecule has 0 bridgehead atoms. The smallest absolute Gasteiger partial charge is 0.123 e. The van der Waals surface area contributed by atoms with Crippen LogP contribution in [0.2, 0.25) is 0 Å². The Balaban J connectivity index is 2.06. The van der Waals surface area contributed by atoms with Gasteiger partial charge in [-0.2, -0.15) is 0 Å². The summed E-state index contributed by atoms with van der Waals surface area (Å²) in [5, 5.41) is 3.31. The molecule has 0 aliphatic carbocycles. The predicted molar refractivity (Wildman–Crippen MR) is 63.2 cm³/mol. The van der Waals surface area contributed by atoms with Crippen molar-refractivity contribution < 1.29 is 4.39 Å². The summed E-state index contributed by atoms with van der Waals surface area (Å²) >= 11 is 0. The highest BCUT2D eigenvalue weighted by molar-refractivity contribution is 5.60. The standard InChI is InChI=1S/C14H12FN/c15-11-6-7-14-12(8-11)13(9-16-14)10-4-2-1-3-5-10/h1-8,13,16H,9H2. The Morgan fingerprint density at radius 3 is 2.69 bits per heavy atom. The van der Waals surface area contributed by atoms with E-state index < -0.39 is 0 Å². The van der Waals surface area contributed by atoms with E-state index in [0.29, 0.717) is 0 Å². The molecular formula is C14H12FN. The molecule has 0 spiro atoms. The van der Waals surface area contributed by atoms with Crippen molar-refractivity contribution in [1.29, 1.82) is 0 Å². The van der Waals surface area contributed by atoms with E-state index >= 15 is 0 Å². The molecular weight excluding hydrogens is 201 g/mol. The molecule has 1 aliphatic rings. The van der Waals surface area contributed by atoms with Crippen molar-refractivity contribution in [1.82, 2.24) is 0 Å². The summed E-state index contributed by atoms with van der Waals surface area (Å²) in [5.74, 6) is 0.107. The topological polar surface area (TPSA) is 12.0 Å². The molecule has 2 aromatic rings. The van der Waals surface area contributed by atoms with Crippen LogP contribution in [0.4, 0.5) is 10.1 Å². The van der Waals surface area contributed by atoms with E-state index in [1.165, 1.54) is 11.6 Å². The molecule has 1 aliphatic heterocycles. The zero-order valence-electron chi connectivity index (χ0n) is 8.78. The number of benzene rings is 2. The minimum atomic E-state index is -0.164. The van der Waals surface area contributed by atoms with E-state index in [2.05, 4.69) is 17.4 Å². The molecule has 3 rings (SSSR count). The summed E-state index contributed by atoms with van der Waals surface area (Å²) in [6.45, 7) is 0.850. The molecule has 16 heavy (non-hydrogen) atoms. The first kappa shape index (κ1) is 9.40. The Morgan fingerprint density at radius 2 is 1.88 bits per heavy atom. The Bertz CT molecular complexity index is 507. The zero-order valence-corrected chi connectivity index (χ0v) is 8.78. The van der Waals surface area contributed by atoms with E-state index in [1.54, 1.807) is 6.07 Å². The van der Waals surface area contributed by atoms with Crippen LogP contribution in [0.1, 0.15) is 17.0 Å². The van der Waals surface area contributed by atoms with Crippen LogP contribution in [0.25, 0.3) is 0 Å². The molecule has 1 atom stereocenters. The Hall–Kier alpha value is -1.83. The number of rotatable bonds is 1. The molecule has 1 N–H and O–H groups in total. The second-order valence-electron chi connectivity index (χ2n) is 4.08. The van der Waals surface area contributed by atoms with Crippen molar-refractivity contribution in [2.45, 2.75) is 5.92 Å². The maximum atomic E-state index is 13.2. The SMILES string of the molecule is Fc1ccc2c(c1)C(c1ccccc1)CN2. The predicted octanol–water partition coefficient (Wildman–Crippen LogP) is 3.38. The minimum Gasteiger partial charge on any atom is -0.384 e. The first-order valence-corrected chi connectivity index (χ1v) is 5.43. The van der Waals surface area contributed by atoms with Gasteiger partial charge >= 0.3 is 0 Å². The van der Waals surface area contributed by atoms with Gasteiger partial charge in [0.2, 0.25) is 0 Å². The summed E-state index contributed by atoms with van der Waals surface area (Å²) in [5.41, 5.74) is 3.35. The fourth-order valence-corrected chi connectivity index (χ4v) is 2.29. The average Bonchev–Trinajstić information content (AvgIpc) is 2.73. The molecule has 0 fully saturated rings. The van der Waals surface area contributed by atoms with Gasteiger partial charge in [0.15, 0.2) is 0 Å². The van der Waals surface area contributed by atoms with Gasteiger partial charge in [-0.25, -0.2) is 4.39 Å². The summed E-state index contributed by atoms with van der Waals surface area (Å²) < 4.78 is 13.2. The van der Waals surface area contributed by atoms with Gasteiger partial charge in [0.05, 0.1) is 0 Å². The van der Waals surface area contributed by atoms with Crippen LogP contribution in [0.3, 0.4) is 0 Å². The molecule has 0 amide bonds. The minimum absolute atomic E-state index is 0.164. The lowest BCUT2D eigenvalue weighted by Gasteiger charge is -2.10. The molecule has 2 aromatic carbocycles. The number of nitrogens with one attached hydrogen (secondary N) is 1. The lowest BCUT2D eigenvalue weighted by atomic mass is 9.93. The highest BCUT2D eigenvalue weighted by Gasteiger charge is 2.23. The third-order valence-corrected chi connectivity index (χ3v) is 3.09. The highest BCUT2D eigenvalue weighted by atomic mass is 19.1. The van der Waals surface area contributed by atoms with Crippen LogP contribution >= 0.6 is 0 Å². The molecule has 1 nitrogen and oxygen atoms in total. The Labute approximate surface area is 93.9 Å². The molecule has 1 unspecified atom stereocenters. The van der Waals surface area contributed by atoms with Gasteiger partial charge < -0.3 is 5.32 Å². The third kappa shape index (κ3) is 1.47. The van der Waals surface area contributed by atoms with Gasteiger partial charge in [-0.1, -0.05) is 30.3 Å². The lowest BCUT2D eigenvalue weighted by molar-refractivity contribution is 0.625. The monoisotopic (exact) mass is 213 g/mol. The zero-order chi connectivity index (χ0) is 11.0. The highest BCUT2D eigenvalue weighted by Crippen LogP contribution is 2.36. The normalized spacial score (nSPS) is 17.9. The second-order valence-corrected chi connectivity index (χ2v) is 4.08. The van der Waals surface area contributed by atoms with Gasteiger partial charge in [-0.05, 0) is 29.3 Å². The maximum Gasteiger partial charge on any atom is 0.123 e. The van der Waals surface area contributed by atoms with Crippen LogP contribution in [0.15, 0.2) is 48.5 Å². The van der Waals surface area contributed by atoms with Crippen LogP contribution in [0.5, 0.6) is 0 Å². The van der Waals surface area contributed by atoms with Crippen molar-refractivity contribution in [3.05, 3.63) is 65.5 Å². The van der Waals surface area contributed by atoms with Gasteiger partial charge in [0, 0.05) is 18.2 Å². The molecule has 1 heterocycles. The summed E-state index contributed by atoms with van der Waals surface area (Å²) in [7, 11) is 0. The third-order valence-electron chi connectivity index (χ3n) is 3.09. The molecule has 0 saturated heterocycles. The first-order chi connectivity index (χ1) is 7.84. The van der Waals surface area contributed by atoms with Gasteiger partial charge in [-0.15, -0.1) is 0 Å². The van der Waals surface area contributed by atoms with Crippen molar-refractivity contribution in [3.8, 4) is 0 Å². The van der Waals surface area contributed by atoms with E-state index in [9.17, 15) is 4.39 Å². The molecule has 0 aromatic heterocycles. The number of fused-ring (bicyclic) bond motifs is 1. The quantitative estimate of drug-likeness (QED) is 0.765. The second kappa shape index (κ2) is 3.63. The van der Waals surface area contributed by atoms with Crippen LogP contribution in [0, 0.1) is 5.82 Å². The van der Waals surface area contributed by atoms with E-state index in [1.807, 2.05) is 24.3 Å². The molecule has 80 valence electrons. The maximum absolute atomic E-state index is 13.2. The number of anilines is 1. The number of hydrogen-bond donors (Lipinski definition) is 1. The van der Waals surface area contributed by atoms with Crippen molar-refractivity contribution in [2.24, 2.45) is 0 Å². The largest absolute Gasteiger partial charge is 0.384 e. The summed E-state index contributed by atoms with van der Waals surface area (Å²) in [4.78, 5) is 0. The lowest BCUT2D eigenvalue weighted by Crippen LogP contribution is -2.03. The molecule has 0 radical (unpaired) electrons. The fourth-order valence-electron chi connectivity index (χ4n) is 2.29. The van der Waals surface area contributed by atoms with Crippen molar-refractivity contribution in [2.75, 3.05) is 11.9 Å². The summed E-state index contributed by atoms with van der Waals surface area (Å²) in [6.07, 6.45) is 0.